The number of aromatic nitrogens is 3. The average Bonchev–Trinajstić information content (AvgIpc) is 3.03. The van der Waals surface area contributed by atoms with E-state index in [9.17, 15) is 14.0 Å². The van der Waals surface area contributed by atoms with Gasteiger partial charge in [-0.1, -0.05) is 24.3 Å². The van der Waals surface area contributed by atoms with Crippen molar-refractivity contribution < 1.29 is 18.7 Å². The molecule has 4 rings (SSSR count). The predicted octanol–water partition coefficient (Wildman–Crippen LogP) is 3.30. The lowest BCUT2D eigenvalue weighted by atomic mass is 10.2. The normalized spacial score (nSPS) is 12.1. The number of fused-ring (bicyclic) bond motifs is 2. The van der Waals surface area contributed by atoms with Crippen LogP contribution in [0.5, 0.6) is 0 Å². The van der Waals surface area contributed by atoms with Crippen molar-refractivity contribution in [1.82, 2.24) is 19.9 Å². The fourth-order valence-electron chi connectivity index (χ4n) is 3.57. The number of nitrogen functional groups attached to an aromatic ring is 1. The van der Waals surface area contributed by atoms with E-state index in [0.717, 1.165) is 0 Å². The molecule has 1 atom stereocenters. The van der Waals surface area contributed by atoms with Crippen molar-refractivity contribution >= 4 is 39.9 Å². The molecular weight excluding hydrogens is 413 g/mol. The molecule has 1 amide bonds. The molecule has 0 aliphatic rings. The van der Waals surface area contributed by atoms with E-state index in [4.69, 9.17) is 10.5 Å². The van der Waals surface area contributed by atoms with Crippen LogP contribution in [0.3, 0.4) is 0 Å². The largest absolute Gasteiger partial charge is 0.462 e. The smallest absolute Gasteiger partial charge is 0.344 e. The number of anilines is 1. The van der Waals surface area contributed by atoms with Gasteiger partial charge in [-0.15, -0.1) is 0 Å². The number of carbonyl (C=O) groups excluding carboxylic acids is 2. The Morgan fingerprint density at radius 3 is 2.47 bits per heavy atom. The van der Waals surface area contributed by atoms with Gasteiger partial charge in [-0.2, -0.15) is 0 Å². The molecule has 8 nitrogen and oxygen atoms in total. The van der Waals surface area contributed by atoms with E-state index in [-0.39, 0.29) is 30.1 Å². The number of carbonyl (C=O) groups is 2. The van der Waals surface area contributed by atoms with E-state index >= 15 is 0 Å². The first-order chi connectivity index (χ1) is 15.4. The lowest BCUT2D eigenvalue weighted by Gasteiger charge is -2.17. The van der Waals surface area contributed by atoms with E-state index < -0.39 is 23.7 Å². The lowest BCUT2D eigenvalue weighted by Crippen LogP contribution is -2.36. The fourth-order valence-corrected chi connectivity index (χ4v) is 3.57. The van der Waals surface area contributed by atoms with Crippen molar-refractivity contribution in [1.29, 1.82) is 0 Å². The monoisotopic (exact) mass is 435 g/mol. The molecule has 164 valence electrons. The van der Waals surface area contributed by atoms with Crippen LogP contribution in [0.15, 0.2) is 48.5 Å². The molecule has 0 unspecified atom stereocenters. The first-order valence-corrected chi connectivity index (χ1v) is 10.2. The van der Waals surface area contributed by atoms with Crippen molar-refractivity contribution in [2.75, 3.05) is 12.3 Å². The summed E-state index contributed by atoms with van der Waals surface area (Å²) in [6, 6.07) is 12.6. The summed E-state index contributed by atoms with van der Waals surface area (Å²) in [4.78, 5) is 34.3. The molecule has 0 aliphatic carbocycles. The third-order valence-corrected chi connectivity index (χ3v) is 5.02. The molecule has 3 N–H and O–H groups in total. The van der Waals surface area contributed by atoms with Crippen LogP contribution < -0.4 is 11.1 Å². The summed E-state index contributed by atoms with van der Waals surface area (Å²) in [5.74, 6) is -1.61. The Bertz CT molecular complexity index is 1330. The molecule has 0 aliphatic heterocycles. The van der Waals surface area contributed by atoms with Crippen molar-refractivity contribution in [2.45, 2.75) is 26.4 Å². The molecule has 0 saturated heterocycles. The molecule has 2 heterocycles. The number of halogens is 1. The van der Waals surface area contributed by atoms with Crippen LogP contribution in [0.4, 0.5) is 10.2 Å². The Morgan fingerprint density at radius 2 is 1.78 bits per heavy atom. The second-order valence-corrected chi connectivity index (χ2v) is 7.33. The third-order valence-electron chi connectivity index (χ3n) is 5.02. The van der Waals surface area contributed by atoms with Gasteiger partial charge in [0.05, 0.1) is 23.2 Å². The standard InChI is InChI=1S/C23H22FN5O3/c1-3-32-23(31)18-19-21(28-17-11-7-6-10-16(17)27-19)29(20(18)25)12-13(2)26-22(30)14-8-4-5-9-15(14)24/h4-11,13H,3,12,25H2,1-2H3,(H,26,30)/t13-/m0/s1. The summed E-state index contributed by atoms with van der Waals surface area (Å²) < 4.78 is 20.7. The minimum Gasteiger partial charge on any atom is -0.462 e. The van der Waals surface area contributed by atoms with E-state index in [1.54, 1.807) is 30.5 Å². The van der Waals surface area contributed by atoms with Crippen LogP contribution in [-0.2, 0) is 11.3 Å². The van der Waals surface area contributed by atoms with Gasteiger partial charge in [-0.25, -0.2) is 19.2 Å². The van der Waals surface area contributed by atoms with Crippen LogP contribution in [0.2, 0.25) is 0 Å². The summed E-state index contributed by atoms with van der Waals surface area (Å²) in [7, 11) is 0. The van der Waals surface area contributed by atoms with Crippen molar-refractivity contribution in [3.05, 3.63) is 65.5 Å². The first-order valence-electron chi connectivity index (χ1n) is 10.2. The maximum atomic E-state index is 13.9. The summed E-state index contributed by atoms with van der Waals surface area (Å²) in [6.07, 6.45) is 0. The number of amides is 1. The predicted molar refractivity (Wildman–Crippen MR) is 119 cm³/mol. The molecule has 4 aromatic rings. The van der Waals surface area contributed by atoms with Crippen LogP contribution in [0.1, 0.15) is 34.6 Å². The van der Waals surface area contributed by atoms with Gasteiger partial charge in [0, 0.05) is 12.6 Å². The molecular formula is C23H22FN5O3. The Balaban J connectivity index is 1.73. The van der Waals surface area contributed by atoms with Gasteiger partial charge < -0.3 is 20.4 Å². The van der Waals surface area contributed by atoms with E-state index in [1.807, 2.05) is 18.2 Å². The highest BCUT2D eigenvalue weighted by atomic mass is 19.1. The Hall–Kier alpha value is -4.01. The lowest BCUT2D eigenvalue weighted by molar-refractivity contribution is 0.0529. The highest BCUT2D eigenvalue weighted by molar-refractivity contribution is 6.08. The Morgan fingerprint density at radius 1 is 1.12 bits per heavy atom. The number of ether oxygens (including phenoxy) is 1. The van der Waals surface area contributed by atoms with Crippen LogP contribution >= 0.6 is 0 Å². The maximum Gasteiger partial charge on any atom is 0.344 e. The summed E-state index contributed by atoms with van der Waals surface area (Å²) in [5, 5.41) is 2.76. The van der Waals surface area contributed by atoms with E-state index in [0.29, 0.717) is 22.2 Å². The van der Waals surface area contributed by atoms with Crippen molar-refractivity contribution in [3.63, 3.8) is 0 Å². The maximum absolute atomic E-state index is 13.9. The zero-order valence-electron chi connectivity index (χ0n) is 17.6. The van der Waals surface area contributed by atoms with Gasteiger partial charge in [0.1, 0.15) is 22.7 Å². The fraction of sp³-hybridized carbons (Fsp3) is 0.217. The van der Waals surface area contributed by atoms with Crippen LogP contribution in [0.25, 0.3) is 22.2 Å². The number of nitrogens with two attached hydrogens (primary N) is 1. The van der Waals surface area contributed by atoms with Gasteiger partial charge >= 0.3 is 5.97 Å². The number of hydrogen-bond donors (Lipinski definition) is 2. The number of nitrogens with one attached hydrogen (secondary N) is 1. The summed E-state index contributed by atoms with van der Waals surface area (Å²) in [5.41, 5.74) is 8.39. The van der Waals surface area contributed by atoms with Gasteiger partial charge in [0.15, 0.2) is 5.65 Å². The molecule has 0 fully saturated rings. The Labute approximate surface area is 183 Å². The summed E-state index contributed by atoms with van der Waals surface area (Å²) >= 11 is 0. The topological polar surface area (TPSA) is 112 Å². The minimum absolute atomic E-state index is 0.0531. The van der Waals surface area contributed by atoms with E-state index in [2.05, 4.69) is 15.3 Å². The van der Waals surface area contributed by atoms with Crippen molar-refractivity contribution in [3.8, 4) is 0 Å². The van der Waals surface area contributed by atoms with Gasteiger partial charge in [0.2, 0.25) is 0 Å². The highest BCUT2D eigenvalue weighted by Crippen LogP contribution is 2.28. The first kappa shape index (κ1) is 21.2. The molecule has 9 heteroatoms. The molecule has 2 aromatic heterocycles. The zero-order chi connectivity index (χ0) is 22.8. The highest BCUT2D eigenvalue weighted by Gasteiger charge is 2.26. The number of esters is 1. The summed E-state index contributed by atoms with van der Waals surface area (Å²) in [6.45, 7) is 3.83. The van der Waals surface area contributed by atoms with Crippen LogP contribution in [-0.4, -0.2) is 39.1 Å². The number of nitrogens with zero attached hydrogens (tertiary/aromatic N) is 3. The molecule has 0 spiro atoms. The number of hydrogen-bond acceptors (Lipinski definition) is 6. The second kappa shape index (κ2) is 8.62. The zero-order valence-corrected chi connectivity index (χ0v) is 17.6. The average molecular weight is 435 g/mol. The number of benzene rings is 2. The Kier molecular flexibility index (Phi) is 5.72. The van der Waals surface area contributed by atoms with Gasteiger partial charge in [0.25, 0.3) is 5.91 Å². The quantitative estimate of drug-likeness (QED) is 0.450. The molecule has 0 saturated carbocycles. The molecule has 32 heavy (non-hydrogen) atoms. The molecule has 0 bridgehead atoms. The van der Waals surface area contributed by atoms with Gasteiger partial charge in [-0.05, 0) is 38.1 Å². The van der Waals surface area contributed by atoms with Gasteiger partial charge in [-0.3, -0.25) is 4.79 Å². The number of para-hydroxylation sites is 2. The van der Waals surface area contributed by atoms with Crippen molar-refractivity contribution in [2.24, 2.45) is 0 Å². The third kappa shape index (κ3) is 3.84. The number of rotatable bonds is 6. The second-order valence-electron chi connectivity index (χ2n) is 7.33. The SMILES string of the molecule is CCOC(=O)c1c(N)n(C[C@H](C)NC(=O)c2ccccc2F)c2nc3ccccc3nc12. The minimum atomic E-state index is -0.606. The molecule has 2 aromatic carbocycles. The molecule has 0 radical (unpaired) electrons. The van der Waals surface area contributed by atoms with E-state index in [1.165, 1.54) is 18.2 Å². The van der Waals surface area contributed by atoms with Crippen LogP contribution in [0, 0.1) is 5.82 Å².